The summed E-state index contributed by atoms with van der Waals surface area (Å²) >= 11 is 0. The molecule has 0 aliphatic heterocycles. The molecule has 0 bridgehead atoms. The Morgan fingerprint density at radius 1 is 1.44 bits per heavy atom. The highest BCUT2D eigenvalue weighted by Gasteiger charge is 2.01. The number of carboxylic acids is 1. The first-order valence-electron chi connectivity index (χ1n) is 4.57. The Hall–Kier alpha value is -2.30. The molecule has 0 heterocycles. The monoisotopic (exact) mass is 220 g/mol. The molecule has 0 radical (unpaired) electrons. The second-order valence-electron chi connectivity index (χ2n) is 3.24. The number of hydrogen-bond acceptors (Lipinski definition) is 2. The van der Waals surface area contributed by atoms with Crippen molar-refractivity contribution < 1.29 is 14.7 Å². The van der Waals surface area contributed by atoms with Crippen LogP contribution in [-0.4, -0.2) is 17.1 Å². The smallest absolute Gasteiger partial charge is 0.328 e. The van der Waals surface area contributed by atoms with Crippen molar-refractivity contribution in [2.45, 2.75) is 6.92 Å². The Bertz CT molecular complexity index is 453. The van der Waals surface area contributed by atoms with E-state index in [1.165, 1.54) is 6.08 Å². The molecule has 0 saturated carbocycles. The van der Waals surface area contributed by atoms with E-state index < -0.39 is 12.0 Å². The Morgan fingerprint density at radius 3 is 2.69 bits per heavy atom. The van der Waals surface area contributed by atoms with Gasteiger partial charge in [0.15, 0.2) is 0 Å². The first kappa shape index (κ1) is 11.8. The summed E-state index contributed by atoms with van der Waals surface area (Å²) in [6, 6.07) is 4.52. The summed E-state index contributed by atoms with van der Waals surface area (Å²) in [6.45, 7) is 1.82. The van der Waals surface area contributed by atoms with Crippen molar-refractivity contribution >= 4 is 23.8 Å². The first-order valence-corrected chi connectivity index (χ1v) is 4.57. The predicted octanol–water partition coefficient (Wildman–Crippen LogP) is 1.58. The van der Waals surface area contributed by atoms with Crippen LogP contribution in [-0.2, 0) is 4.79 Å². The van der Waals surface area contributed by atoms with Crippen LogP contribution < -0.4 is 11.1 Å². The van der Waals surface area contributed by atoms with Crippen molar-refractivity contribution in [1.29, 1.82) is 0 Å². The molecule has 0 saturated heterocycles. The number of benzene rings is 1. The summed E-state index contributed by atoms with van der Waals surface area (Å²) in [6.07, 6.45) is 2.46. The van der Waals surface area contributed by atoms with Crippen molar-refractivity contribution in [2.75, 3.05) is 5.32 Å². The molecule has 5 nitrogen and oxygen atoms in total. The average molecular weight is 220 g/mol. The van der Waals surface area contributed by atoms with Crippen molar-refractivity contribution in [1.82, 2.24) is 0 Å². The quantitative estimate of drug-likeness (QED) is 0.675. The lowest BCUT2D eigenvalue weighted by Crippen LogP contribution is -2.19. The van der Waals surface area contributed by atoms with Gasteiger partial charge in [-0.3, -0.25) is 0 Å². The second-order valence-corrected chi connectivity index (χ2v) is 3.24. The Morgan fingerprint density at radius 2 is 2.12 bits per heavy atom. The zero-order chi connectivity index (χ0) is 12.1. The highest BCUT2D eigenvalue weighted by atomic mass is 16.4. The highest BCUT2D eigenvalue weighted by molar-refractivity contribution is 5.90. The number of rotatable bonds is 3. The number of anilines is 1. The fraction of sp³-hybridized carbons (Fsp3) is 0.0909. The topological polar surface area (TPSA) is 92.4 Å². The number of carboxylic acid groups (broad SMARTS) is 1. The van der Waals surface area contributed by atoms with E-state index in [1.54, 1.807) is 18.2 Å². The SMILES string of the molecule is Cc1ccc(C=CC(=O)O)cc1NC(N)=O. The molecule has 0 spiro atoms. The number of amides is 2. The molecule has 84 valence electrons. The number of aryl methyl sites for hydroxylation is 1. The lowest BCUT2D eigenvalue weighted by molar-refractivity contribution is -0.131. The molecule has 1 aromatic carbocycles. The van der Waals surface area contributed by atoms with Crippen LogP contribution in [0.25, 0.3) is 6.08 Å². The van der Waals surface area contributed by atoms with Crippen molar-refractivity contribution in [2.24, 2.45) is 5.73 Å². The summed E-state index contributed by atoms with van der Waals surface area (Å²) in [5.74, 6) is -1.02. The Balaban J connectivity index is 2.97. The lowest BCUT2D eigenvalue weighted by Gasteiger charge is -2.06. The number of hydrogen-bond donors (Lipinski definition) is 3. The first-order chi connectivity index (χ1) is 7.49. The van der Waals surface area contributed by atoms with E-state index in [4.69, 9.17) is 10.8 Å². The van der Waals surface area contributed by atoms with Crippen LogP contribution in [0.15, 0.2) is 24.3 Å². The van der Waals surface area contributed by atoms with Crippen molar-refractivity contribution in [3.8, 4) is 0 Å². The van der Waals surface area contributed by atoms with Gasteiger partial charge in [0.05, 0.1) is 0 Å². The molecule has 0 unspecified atom stereocenters. The van der Waals surface area contributed by atoms with Gasteiger partial charge in [-0.2, -0.15) is 0 Å². The predicted molar refractivity (Wildman–Crippen MR) is 61.1 cm³/mol. The van der Waals surface area contributed by atoms with Gasteiger partial charge in [-0.15, -0.1) is 0 Å². The third-order valence-corrected chi connectivity index (χ3v) is 1.94. The Kier molecular flexibility index (Phi) is 3.66. The van der Waals surface area contributed by atoms with Gasteiger partial charge in [0, 0.05) is 11.8 Å². The molecular formula is C11H12N2O3. The van der Waals surface area contributed by atoms with Crippen molar-refractivity contribution in [3.05, 3.63) is 35.4 Å². The van der Waals surface area contributed by atoms with E-state index in [-0.39, 0.29) is 0 Å². The summed E-state index contributed by atoms with van der Waals surface area (Å²) in [5, 5.41) is 10.9. The van der Waals surface area contributed by atoms with E-state index in [1.807, 2.05) is 6.92 Å². The maximum atomic E-state index is 10.7. The molecule has 0 aliphatic rings. The van der Waals surface area contributed by atoms with Crippen LogP contribution in [0.3, 0.4) is 0 Å². The van der Waals surface area contributed by atoms with Crippen LogP contribution in [0.4, 0.5) is 10.5 Å². The summed E-state index contributed by atoms with van der Waals surface area (Å²) in [4.78, 5) is 21.0. The van der Waals surface area contributed by atoms with Crippen LogP contribution in [0.2, 0.25) is 0 Å². The van der Waals surface area contributed by atoms with Crippen LogP contribution >= 0.6 is 0 Å². The van der Waals surface area contributed by atoms with E-state index in [0.29, 0.717) is 11.3 Å². The minimum atomic E-state index is -1.02. The molecule has 16 heavy (non-hydrogen) atoms. The molecule has 0 aromatic heterocycles. The van der Waals surface area contributed by atoms with Gasteiger partial charge in [-0.1, -0.05) is 12.1 Å². The van der Waals surface area contributed by atoms with E-state index in [0.717, 1.165) is 11.6 Å². The molecule has 4 N–H and O–H groups in total. The summed E-state index contributed by atoms with van der Waals surface area (Å²) < 4.78 is 0. The maximum absolute atomic E-state index is 10.7. The highest BCUT2D eigenvalue weighted by Crippen LogP contribution is 2.17. The number of carbonyl (C=O) groups excluding carboxylic acids is 1. The number of primary amides is 1. The zero-order valence-corrected chi connectivity index (χ0v) is 8.73. The standard InChI is InChI=1S/C11H12N2O3/c1-7-2-3-8(4-5-10(14)15)6-9(7)13-11(12)16/h2-6H,1H3,(H,14,15)(H3,12,13,16). The summed E-state index contributed by atoms with van der Waals surface area (Å²) in [5.41, 5.74) is 7.10. The van der Waals surface area contributed by atoms with E-state index >= 15 is 0 Å². The van der Waals surface area contributed by atoms with E-state index in [2.05, 4.69) is 5.32 Å². The summed E-state index contributed by atoms with van der Waals surface area (Å²) in [7, 11) is 0. The fourth-order valence-electron chi connectivity index (χ4n) is 1.18. The van der Waals surface area contributed by atoms with Gasteiger partial charge >= 0.3 is 12.0 Å². The molecule has 1 aromatic rings. The average Bonchev–Trinajstić information content (AvgIpc) is 2.18. The fourth-order valence-corrected chi connectivity index (χ4v) is 1.18. The molecule has 1 rings (SSSR count). The van der Waals surface area contributed by atoms with Gasteiger partial charge < -0.3 is 16.2 Å². The molecular weight excluding hydrogens is 208 g/mol. The Labute approximate surface area is 92.6 Å². The van der Waals surface area contributed by atoms with Gasteiger partial charge in [0.2, 0.25) is 0 Å². The van der Waals surface area contributed by atoms with Gasteiger partial charge in [0.25, 0.3) is 0 Å². The molecule has 2 amide bonds. The maximum Gasteiger partial charge on any atom is 0.328 e. The molecule has 0 aliphatic carbocycles. The van der Waals surface area contributed by atoms with Gasteiger partial charge in [-0.05, 0) is 30.2 Å². The molecule has 0 fully saturated rings. The molecule has 0 atom stereocenters. The van der Waals surface area contributed by atoms with Crippen molar-refractivity contribution in [3.63, 3.8) is 0 Å². The number of nitrogens with one attached hydrogen (secondary N) is 1. The lowest BCUT2D eigenvalue weighted by atomic mass is 10.1. The molecule has 5 heteroatoms. The second kappa shape index (κ2) is 4.97. The van der Waals surface area contributed by atoms with Gasteiger partial charge in [-0.25, -0.2) is 9.59 Å². The largest absolute Gasteiger partial charge is 0.478 e. The zero-order valence-electron chi connectivity index (χ0n) is 8.73. The number of carbonyl (C=O) groups is 2. The number of nitrogens with two attached hydrogens (primary N) is 1. The van der Waals surface area contributed by atoms with E-state index in [9.17, 15) is 9.59 Å². The number of aliphatic carboxylic acids is 1. The third-order valence-electron chi connectivity index (χ3n) is 1.94. The number of urea groups is 1. The minimum absolute atomic E-state index is 0.569. The van der Waals surface area contributed by atoms with Crippen LogP contribution in [0, 0.1) is 6.92 Å². The third kappa shape index (κ3) is 3.45. The van der Waals surface area contributed by atoms with Crippen LogP contribution in [0.5, 0.6) is 0 Å². The van der Waals surface area contributed by atoms with Crippen LogP contribution in [0.1, 0.15) is 11.1 Å². The van der Waals surface area contributed by atoms with Gasteiger partial charge in [0.1, 0.15) is 0 Å². The normalized spacial score (nSPS) is 10.3. The minimum Gasteiger partial charge on any atom is -0.478 e.